The van der Waals surface area contributed by atoms with E-state index in [1.54, 1.807) is 6.07 Å². The molecule has 0 bridgehead atoms. The van der Waals surface area contributed by atoms with Crippen molar-refractivity contribution in [3.8, 4) is 0 Å². The van der Waals surface area contributed by atoms with Crippen molar-refractivity contribution >= 4 is 11.4 Å². The van der Waals surface area contributed by atoms with E-state index < -0.39 is 0 Å². The Balaban J connectivity index is 0.000000430. The SMILES string of the molecule is C=C(CCC)c1ccc(CC)cc1.CC.CC(=O)c1cccc(F)c1. The summed E-state index contributed by atoms with van der Waals surface area (Å²) >= 11 is 0. The van der Waals surface area contributed by atoms with Crippen LogP contribution < -0.4 is 0 Å². The molecule has 2 heteroatoms. The van der Waals surface area contributed by atoms with Crippen LogP contribution in [0.15, 0.2) is 55.1 Å². The van der Waals surface area contributed by atoms with Crippen LogP contribution in [-0.2, 0) is 6.42 Å². The lowest BCUT2D eigenvalue weighted by atomic mass is 10.0. The summed E-state index contributed by atoms with van der Waals surface area (Å²) in [5.41, 5.74) is 4.36. The minimum absolute atomic E-state index is 0.112. The Bertz CT molecular complexity index is 641. The topological polar surface area (TPSA) is 17.1 Å². The highest BCUT2D eigenvalue weighted by Gasteiger charge is 1.98. The number of hydrogen-bond acceptors (Lipinski definition) is 1. The Morgan fingerprint density at radius 2 is 1.60 bits per heavy atom. The van der Waals surface area contributed by atoms with Gasteiger partial charge in [0.1, 0.15) is 5.82 Å². The fraction of sp³-hybridized carbons (Fsp3) is 0.348. The van der Waals surface area contributed by atoms with Crippen LogP contribution >= 0.6 is 0 Å². The second-order valence-electron chi connectivity index (χ2n) is 5.47. The van der Waals surface area contributed by atoms with Crippen LogP contribution in [0.2, 0.25) is 0 Å². The van der Waals surface area contributed by atoms with Gasteiger partial charge < -0.3 is 0 Å². The molecule has 2 rings (SSSR count). The number of carbonyl (C=O) groups is 1. The first-order chi connectivity index (χ1) is 12.0. The highest BCUT2D eigenvalue weighted by molar-refractivity contribution is 5.93. The van der Waals surface area contributed by atoms with E-state index in [0.29, 0.717) is 5.56 Å². The summed E-state index contributed by atoms with van der Waals surface area (Å²) in [6.45, 7) is 13.8. The van der Waals surface area contributed by atoms with E-state index in [9.17, 15) is 9.18 Å². The van der Waals surface area contributed by atoms with E-state index in [0.717, 1.165) is 12.8 Å². The molecule has 0 aromatic heterocycles. The standard InChI is InChI=1S/C13H18.C8H7FO.C2H6/c1-4-6-11(3)13-9-7-12(5-2)8-10-13;1-6(10)7-3-2-4-8(9)5-7;1-2/h7-10H,3-6H2,1-2H3;2-5H,1H3;1-2H3. The molecule has 0 atom stereocenters. The minimum Gasteiger partial charge on any atom is -0.295 e. The van der Waals surface area contributed by atoms with Gasteiger partial charge in [0.25, 0.3) is 0 Å². The van der Waals surface area contributed by atoms with E-state index in [1.807, 2.05) is 13.8 Å². The summed E-state index contributed by atoms with van der Waals surface area (Å²) in [5, 5.41) is 0. The molecule has 0 amide bonds. The van der Waals surface area contributed by atoms with Gasteiger partial charge in [-0.15, -0.1) is 0 Å². The Hall–Kier alpha value is -2.22. The molecule has 0 aliphatic heterocycles. The largest absolute Gasteiger partial charge is 0.295 e. The molecule has 0 N–H and O–H groups in total. The number of rotatable bonds is 5. The predicted octanol–water partition coefficient (Wildman–Crippen LogP) is 7.12. The van der Waals surface area contributed by atoms with Crippen molar-refractivity contribution in [1.82, 2.24) is 0 Å². The number of hydrogen-bond donors (Lipinski definition) is 0. The molecule has 0 saturated heterocycles. The van der Waals surface area contributed by atoms with Gasteiger partial charge in [-0.05, 0) is 48.6 Å². The fourth-order valence-electron chi connectivity index (χ4n) is 2.13. The predicted molar refractivity (Wildman–Crippen MR) is 108 cm³/mol. The molecule has 0 spiro atoms. The third-order valence-electron chi connectivity index (χ3n) is 3.55. The van der Waals surface area contributed by atoms with Crippen LogP contribution in [0.3, 0.4) is 0 Å². The Labute approximate surface area is 152 Å². The van der Waals surface area contributed by atoms with Gasteiger partial charge in [-0.1, -0.05) is 77.1 Å². The summed E-state index contributed by atoms with van der Waals surface area (Å²) in [6, 6.07) is 14.4. The Morgan fingerprint density at radius 3 is 2.00 bits per heavy atom. The average Bonchev–Trinajstić information content (AvgIpc) is 2.64. The van der Waals surface area contributed by atoms with Crippen molar-refractivity contribution in [1.29, 1.82) is 0 Å². The average molecular weight is 342 g/mol. The molecule has 0 aliphatic rings. The number of benzene rings is 2. The van der Waals surface area contributed by atoms with Crippen molar-refractivity contribution in [3.05, 3.63) is 77.6 Å². The van der Waals surface area contributed by atoms with Crippen molar-refractivity contribution in [2.75, 3.05) is 0 Å². The molecule has 0 heterocycles. The molecule has 2 aromatic carbocycles. The van der Waals surface area contributed by atoms with Crippen LogP contribution in [0.4, 0.5) is 4.39 Å². The molecule has 0 aliphatic carbocycles. The molecule has 136 valence electrons. The molecular weight excluding hydrogens is 311 g/mol. The van der Waals surface area contributed by atoms with E-state index in [2.05, 4.69) is 44.7 Å². The zero-order valence-corrected chi connectivity index (χ0v) is 16.2. The van der Waals surface area contributed by atoms with Gasteiger partial charge >= 0.3 is 0 Å². The Kier molecular flexibility index (Phi) is 11.9. The van der Waals surface area contributed by atoms with E-state index in [-0.39, 0.29) is 11.6 Å². The molecular formula is C23H31FO. The molecule has 0 saturated carbocycles. The van der Waals surface area contributed by atoms with Gasteiger partial charge in [0.05, 0.1) is 0 Å². The number of allylic oxidation sites excluding steroid dienone is 1. The highest BCUT2D eigenvalue weighted by atomic mass is 19.1. The highest BCUT2D eigenvalue weighted by Crippen LogP contribution is 2.18. The third-order valence-corrected chi connectivity index (χ3v) is 3.55. The molecule has 2 aromatic rings. The van der Waals surface area contributed by atoms with Gasteiger partial charge in [-0.3, -0.25) is 4.79 Å². The fourth-order valence-corrected chi connectivity index (χ4v) is 2.13. The van der Waals surface area contributed by atoms with Gasteiger partial charge in [0.2, 0.25) is 0 Å². The third kappa shape index (κ3) is 8.99. The van der Waals surface area contributed by atoms with Crippen LogP contribution in [0.1, 0.15) is 68.9 Å². The smallest absolute Gasteiger partial charge is 0.159 e. The summed E-state index contributed by atoms with van der Waals surface area (Å²) in [6.07, 6.45) is 3.39. The van der Waals surface area contributed by atoms with Crippen molar-refractivity contribution in [3.63, 3.8) is 0 Å². The normalized spacial score (nSPS) is 9.20. The van der Waals surface area contributed by atoms with E-state index in [1.165, 1.54) is 48.2 Å². The maximum Gasteiger partial charge on any atom is 0.159 e. The Morgan fingerprint density at radius 1 is 1.00 bits per heavy atom. The maximum absolute atomic E-state index is 12.4. The monoisotopic (exact) mass is 342 g/mol. The maximum atomic E-state index is 12.4. The summed E-state index contributed by atoms with van der Waals surface area (Å²) in [4.78, 5) is 10.6. The zero-order chi connectivity index (χ0) is 19.2. The lowest BCUT2D eigenvalue weighted by Gasteiger charge is -2.04. The van der Waals surface area contributed by atoms with Gasteiger partial charge in [0.15, 0.2) is 5.78 Å². The molecule has 1 nitrogen and oxygen atoms in total. The minimum atomic E-state index is -0.368. The van der Waals surface area contributed by atoms with Gasteiger partial charge in [-0.2, -0.15) is 0 Å². The van der Waals surface area contributed by atoms with Gasteiger partial charge in [0, 0.05) is 5.56 Å². The first-order valence-electron chi connectivity index (χ1n) is 9.01. The number of aryl methyl sites for hydroxylation is 1. The summed E-state index contributed by atoms with van der Waals surface area (Å²) in [7, 11) is 0. The van der Waals surface area contributed by atoms with Crippen LogP contribution in [0, 0.1) is 5.82 Å². The zero-order valence-electron chi connectivity index (χ0n) is 16.2. The first-order valence-corrected chi connectivity index (χ1v) is 9.01. The number of ketones is 1. The van der Waals surface area contributed by atoms with Crippen LogP contribution in [-0.4, -0.2) is 5.78 Å². The lowest BCUT2D eigenvalue weighted by molar-refractivity contribution is 0.101. The van der Waals surface area contributed by atoms with E-state index in [4.69, 9.17) is 0 Å². The quantitative estimate of drug-likeness (QED) is 0.529. The van der Waals surface area contributed by atoms with Crippen LogP contribution in [0.25, 0.3) is 5.57 Å². The van der Waals surface area contributed by atoms with Gasteiger partial charge in [-0.25, -0.2) is 4.39 Å². The second-order valence-corrected chi connectivity index (χ2v) is 5.47. The van der Waals surface area contributed by atoms with Crippen molar-refractivity contribution in [2.24, 2.45) is 0 Å². The first kappa shape index (κ1) is 22.8. The molecule has 0 fully saturated rings. The molecule has 0 unspecified atom stereocenters. The van der Waals surface area contributed by atoms with Crippen LogP contribution in [0.5, 0.6) is 0 Å². The van der Waals surface area contributed by atoms with Crippen molar-refractivity contribution in [2.45, 2.75) is 53.9 Å². The number of halogens is 1. The summed E-state index contributed by atoms with van der Waals surface area (Å²) in [5.74, 6) is -0.479. The lowest BCUT2D eigenvalue weighted by Crippen LogP contribution is -1.91. The number of Topliss-reactive ketones (excluding diaryl/α,β-unsaturated/α-hetero) is 1. The molecule has 25 heavy (non-hydrogen) atoms. The molecule has 0 radical (unpaired) electrons. The van der Waals surface area contributed by atoms with E-state index >= 15 is 0 Å². The number of carbonyl (C=O) groups excluding carboxylic acids is 1. The van der Waals surface area contributed by atoms with Crippen molar-refractivity contribution < 1.29 is 9.18 Å². The summed E-state index contributed by atoms with van der Waals surface area (Å²) < 4.78 is 12.4. The second kappa shape index (κ2) is 13.1.